The Morgan fingerprint density at radius 3 is 1.29 bits per heavy atom. The summed E-state index contributed by atoms with van der Waals surface area (Å²) in [5.41, 5.74) is 5.05. The summed E-state index contributed by atoms with van der Waals surface area (Å²) < 4.78 is 0. The summed E-state index contributed by atoms with van der Waals surface area (Å²) in [6.45, 7) is 17.9. The van der Waals surface area contributed by atoms with Crippen molar-refractivity contribution >= 4 is 0 Å². The lowest BCUT2D eigenvalue weighted by Crippen LogP contribution is -2.22. The molecule has 2 atom stereocenters. The summed E-state index contributed by atoms with van der Waals surface area (Å²) in [6, 6.07) is 11.7. The quantitative estimate of drug-likeness (QED) is 0.524. The average molecular weight is 383 g/mol. The van der Waals surface area contributed by atoms with Crippen LogP contribution in [-0.4, -0.2) is 10.2 Å². The van der Waals surface area contributed by atoms with E-state index in [0.717, 1.165) is 12.8 Å². The van der Waals surface area contributed by atoms with Crippen molar-refractivity contribution < 1.29 is 10.2 Å². The van der Waals surface area contributed by atoms with E-state index in [4.69, 9.17) is 0 Å². The molecule has 0 fully saturated rings. The summed E-state index contributed by atoms with van der Waals surface area (Å²) >= 11 is 0. The fourth-order valence-corrected chi connectivity index (χ4v) is 3.97. The van der Waals surface area contributed by atoms with Crippen LogP contribution in [0.25, 0.3) is 0 Å². The lowest BCUT2D eigenvalue weighted by molar-refractivity contribution is 0.452. The molecule has 2 heteroatoms. The summed E-state index contributed by atoms with van der Waals surface area (Å²) in [5.74, 6) is 1.24. The van der Waals surface area contributed by atoms with Crippen molar-refractivity contribution in [3.05, 3.63) is 58.7 Å². The highest BCUT2D eigenvalue weighted by molar-refractivity contribution is 5.46. The summed E-state index contributed by atoms with van der Waals surface area (Å²) in [4.78, 5) is 0. The Morgan fingerprint density at radius 1 is 0.679 bits per heavy atom. The first-order valence-electron chi connectivity index (χ1n) is 10.6. The predicted molar refractivity (Wildman–Crippen MR) is 120 cm³/mol. The van der Waals surface area contributed by atoms with Crippen LogP contribution in [0.1, 0.15) is 102 Å². The Bertz CT molecular complexity index is 748. The van der Waals surface area contributed by atoms with Gasteiger partial charge in [0, 0.05) is 0 Å². The van der Waals surface area contributed by atoms with E-state index >= 15 is 0 Å². The van der Waals surface area contributed by atoms with Crippen LogP contribution in [0, 0.1) is 0 Å². The second-order valence-electron chi connectivity index (χ2n) is 9.60. The molecule has 0 aromatic heterocycles. The zero-order chi connectivity index (χ0) is 21.3. The van der Waals surface area contributed by atoms with E-state index in [1.54, 1.807) is 0 Å². The maximum absolute atomic E-state index is 10.1. The third-order valence-electron chi connectivity index (χ3n) is 7.03. The molecular formula is C26H38O2. The van der Waals surface area contributed by atoms with Gasteiger partial charge in [0.15, 0.2) is 0 Å². The number of benzene rings is 2. The second-order valence-corrected chi connectivity index (χ2v) is 9.60. The average Bonchev–Trinajstić information content (AvgIpc) is 2.66. The van der Waals surface area contributed by atoms with Crippen LogP contribution in [0.4, 0.5) is 0 Å². The zero-order valence-electron chi connectivity index (χ0n) is 18.9. The highest BCUT2D eigenvalue weighted by atomic mass is 16.3. The molecule has 0 spiro atoms. The molecule has 0 saturated heterocycles. The van der Waals surface area contributed by atoms with E-state index in [2.05, 4.69) is 67.5 Å². The Hall–Kier alpha value is -1.96. The number of hydrogen-bond acceptors (Lipinski definition) is 2. The first-order chi connectivity index (χ1) is 12.9. The van der Waals surface area contributed by atoms with Gasteiger partial charge in [-0.2, -0.15) is 0 Å². The van der Waals surface area contributed by atoms with E-state index in [9.17, 15) is 10.2 Å². The molecule has 0 aliphatic carbocycles. The number of phenolic OH excluding ortho intramolecular Hbond substituents is 2. The first kappa shape index (κ1) is 22.3. The lowest BCUT2D eigenvalue weighted by Gasteiger charge is -2.34. The lowest BCUT2D eigenvalue weighted by atomic mass is 9.71. The topological polar surface area (TPSA) is 40.5 Å². The molecule has 0 aliphatic heterocycles. The molecule has 0 radical (unpaired) electrons. The van der Waals surface area contributed by atoms with Gasteiger partial charge in [0.05, 0.1) is 0 Å². The number of aromatic hydroxyl groups is 2. The van der Waals surface area contributed by atoms with Gasteiger partial charge in [-0.25, -0.2) is 0 Å². The molecule has 2 nitrogen and oxygen atoms in total. The fourth-order valence-electron chi connectivity index (χ4n) is 3.97. The van der Waals surface area contributed by atoms with Crippen molar-refractivity contribution in [2.45, 2.75) is 90.9 Å². The van der Waals surface area contributed by atoms with Crippen LogP contribution >= 0.6 is 0 Å². The molecule has 2 unspecified atom stereocenters. The molecule has 2 N–H and O–H groups in total. The van der Waals surface area contributed by atoms with Crippen LogP contribution in [-0.2, 0) is 10.8 Å². The number of phenols is 2. The Morgan fingerprint density at radius 2 is 1.00 bits per heavy atom. The highest BCUT2D eigenvalue weighted by Gasteiger charge is 2.30. The molecule has 0 bridgehead atoms. The minimum atomic E-state index is 0.00251. The standard InChI is InChI=1S/C26H38O2/c1-9-25(5,6)23-15-19(27)11-13-21(23)17(3)18(4)22-14-12-20(28)16-24(22)26(7,8)10-2/h11-18,27-28H,9-10H2,1-8H3. The highest BCUT2D eigenvalue weighted by Crippen LogP contribution is 2.44. The van der Waals surface area contributed by atoms with Crippen LogP contribution < -0.4 is 0 Å². The number of rotatable bonds is 7. The van der Waals surface area contributed by atoms with Gasteiger partial charge in [-0.05, 0) is 82.0 Å². The van der Waals surface area contributed by atoms with Crippen LogP contribution in [0.2, 0.25) is 0 Å². The summed E-state index contributed by atoms with van der Waals surface area (Å²) in [6.07, 6.45) is 2.02. The van der Waals surface area contributed by atoms with Gasteiger partial charge in [0.2, 0.25) is 0 Å². The van der Waals surface area contributed by atoms with E-state index in [0.29, 0.717) is 11.5 Å². The normalized spacial score (nSPS) is 14.7. The Kier molecular flexibility index (Phi) is 6.53. The molecular weight excluding hydrogens is 344 g/mol. The predicted octanol–water partition coefficient (Wildman–Crippen LogP) is 7.38. The van der Waals surface area contributed by atoms with Gasteiger partial charge in [0.25, 0.3) is 0 Å². The van der Waals surface area contributed by atoms with Gasteiger partial charge >= 0.3 is 0 Å². The first-order valence-corrected chi connectivity index (χ1v) is 10.6. The molecule has 154 valence electrons. The molecule has 2 aromatic carbocycles. The smallest absolute Gasteiger partial charge is 0.115 e. The maximum atomic E-state index is 10.1. The van der Waals surface area contributed by atoms with E-state index in [1.807, 2.05) is 24.3 Å². The fraction of sp³-hybridized carbons (Fsp3) is 0.538. The van der Waals surface area contributed by atoms with E-state index < -0.39 is 0 Å². The minimum absolute atomic E-state index is 0.00251. The second kappa shape index (κ2) is 8.19. The van der Waals surface area contributed by atoms with Crippen molar-refractivity contribution in [3.8, 4) is 11.5 Å². The largest absolute Gasteiger partial charge is 0.508 e. The van der Waals surface area contributed by atoms with Crippen molar-refractivity contribution in [2.75, 3.05) is 0 Å². The maximum Gasteiger partial charge on any atom is 0.115 e. The summed E-state index contributed by atoms with van der Waals surface area (Å²) in [7, 11) is 0. The van der Waals surface area contributed by atoms with E-state index in [1.165, 1.54) is 22.3 Å². The van der Waals surface area contributed by atoms with Crippen molar-refractivity contribution in [3.63, 3.8) is 0 Å². The van der Waals surface area contributed by atoms with Gasteiger partial charge in [-0.3, -0.25) is 0 Å². The summed E-state index contributed by atoms with van der Waals surface area (Å²) in [5, 5.41) is 20.2. The van der Waals surface area contributed by atoms with Crippen molar-refractivity contribution in [2.24, 2.45) is 0 Å². The molecule has 2 rings (SSSR count). The van der Waals surface area contributed by atoms with Gasteiger partial charge < -0.3 is 10.2 Å². The van der Waals surface area contributed by atoms with Gasteiger partial charge in [0.1, 0.15) is 11.5 Å². The molecule has 2 aromatic rings. The SMILES string of the molecule is CCC(C)(C)c1cc(O)ccc1C(C)C(C)c1ccc(O)cc1C(C)(C)CC. The molecule has 0 aliphatic rings. The minimum Gasteiger partial charge on any atom is -0.508 e. The van der Waals surface area contributed by atoms with Crippen LogP contribution in [0.15, 0.2) is 36.4 Å². The third-order valence-corrected chi connectivity index (χ3v) is 7.03. The van der Waals surface area contributed by atoms with Crippen LogP contribution in [0.3, 0.4) is 0 Å². The monoisotopic (exact) mass is 382 g/mol. The van der Waals surface area contributed by atoms with Crippen molar-refractivity contribution in [1.82, 2.24) is 0 Å². The molecule has 28 heavy (non-hydrogen) atoms. The number of hydrogen-bond donors (Lipinski definition) is 2. The van der Waals surface area contributed by atoms with Crippen LogP contribution in [0.5, 0.6) is 11.5 Å². The Balaban J connectivity index is 2.57. The van der Waals surface area contributed by atoms with Gasteiger partial charge in [-0.15, -0.1) is 0 Å². The zero-order valence-corrected chi connectivity index (χ0v) is 18.9. The molecule has 0 saturated carbocycles. The molecule has 0 heterocycles. The van der Waals surface area contributed by atoms with Crippen molar-refractivity contribution in [1.29, 1.82) is 0 Å². The molecule has 0 amide bonds. The van der Waals surface area contributed by atoms with E-state index in [-0.39, 0.29) is 22.7 Å². The third kappa shape index (κ3) is 4.37. The van der Waals surface area contributed by atoms with Gasteiger partial charge in [-0.1, -0.05) is 67.5 Å². The Labute approximate surface area is 171 Å².